The van der Waals surface area contributed by atoms with Crippen LogP contribution in [0.15, 0.2) is 6.07 Å². The molecule has 0 bridgehead atoms. The fourth-order valence-electron chi connectivity index (χ4n) is 2.71. The van der Waals surface area contributed by atoms with Gasteiger partial charge in [0.25, 0.3) is 0 Å². The summed E-state index contributed by atoms with van der Waals surface area (Å²) in [6.45, 7) is 1.49. The summed E-state index contributed by atoms with van der Waals surface area (Å²) in [5.41, 5.74) is 6.15. The summed E-state index contributed by atoms with van der Waals surface area (Å²) in [7, 11) is 3.15. The highest BCUT2D eigenvalue weighted by molar-refractivity contribution is 5.34. The van der Waals surface area contributed by atoms with Crippen LogP contribution in [0.3, 0.4) is 0 Å². The van der Waals surface area contributed by atoms with E-state index in [2.05, 4.69) is 15.3 Å². The van der Waals surface area contributed by atoms with E-state index in [1.807, 2.05) is 0 Å². The Hall–Kier alpha value is -1.56. The number of hydrogen-bond acceptors (Lipinski definition) is 6. The van der Waals surface area contributed by atoms with Crippen molar-refractivity contribution in [3.63, 3.8) is 0 Å². The van der Waals surface area contributed by atoms with Crippen LogP contribution in [0.25, 0.3) is 0 Å². The van der Waals surface area contributed by atoms with Crippen LogP contribution in [-0.2, 0) is 0 Å². The van der Waals surface area contributed by atoms with Crippen LogP contribution in [0.4, 0.5) is 5.95 Å². The van der Waals surface area contributed by atoms with Crippen LogP contribution in [0.5, 0.6) is 11.8 Å². The maximum absolute atomic E-state index is 5.98. The van der Waals surface area contributed by atoms with Crippen molar-refractivity contribution in [3.05, 3.63) is 6.07 Å². The van der Waals surface area contributed by atoms with Crippen LogP contribution in [-0.4, -0.2) is 37.3 Å². The quantitative estimate of drug-likeness (QED) is 0.827. The molecule has 1 aliphatic carbocycles. The molecule has 1 aromatic heterocycles. The molecule has 0 spiro atoms. The Morgan fingerprint density at radius 3 is 2.25 bits per heavy atom. The predicted molar refractivity (Wildman–Crippen MR) is 78.2 cm³/mol. The first kappa shape index (κ1) is 14.8. The average Bonchev–Trinajstić information content (AvgIpc) is 2.53. The van der Waals surface area contributed by atoms with Gasteiger partial charge < -0.3 is 20.5 Å². The van der Waals surface area contributed by atoms with Crippen molar-refractivity contribution in [2.45, 2.75) is 32.1 Å². The average molecular weight is 280 g/mol. The lowest BCUT2D eigenvalue weighted by molar-refractivity contribution is 0.215. The molecule has 0 unspecified atom stereocenters. The lowest BCUT2D eigenvalue weighted by atomic mass is 9.74. The van der Waals surface area contributed by atoms with Gasteiger partial charge in [-0.1, -0.05) is 19.3 Å². The van der Waals surface area contributed by atoms with Crippen molar-refractivity contribution in [1.82, 2.24) is 9.97 Å². The molecule has 2 rings (SSSR count). The highest BCUT2D eigenvalue weighted by Crippen LogP contribution is 2.35. The largest absolute Gasteiger partial charge is 0.481 e. The summed E-state index contributed by atoms with van der Waals surface area (Å²) in [4.78, 5) is 8.57. The monoisotopic (exact) mass is 280 g/mol. The van der Waals surface area contributed by atoms with Crippen molar-refractivity contribution in [1.29, 1.82) is 0 Å². The number of nitrogens with one attached hydrogen (secondary N) is 1. The summed E-state index contributed by atoms with van der Waals surface area (Å²) in [5, 5.41) is 3.29. The van der Waals surface area contributed by atoms with Gasteiger partial charge in [-0.05, 0) is 24.8 Å². The summed E-state index contributed by atoms with van der Waals surface area (Å²) < 4.78 is 10.3. The molecule has 6 nitrogen and oxygen atoms in total. The zero-order valence-corrected chi connectivity index (χ0v) is 12.3. The molecule has 1 saturated carbocycles. The molecule has 6 heteroatoms. The second-order valence-corrected chi connectivity index (χ2v) is 5.39. The molecule has 1 aromatic rings. The first-order valence-corrected chi connectivity index (χ1v) is 7.12. The van der Waals surface area contributed by atoms with E-state index in [0.717, 1.165) is 19.4 Å². The molecule has 1 heterocycles. The lowest BCUT2D eigenvalue weighted by Crippen LogP contribution is -2.39. The second-order valence-electron chi connectivity index (χ2n) is 5.39. The van der Waals surface area contributed by atoms with E-state index in [4.69, 9.17) is 15.2 Å². The molecular formula is C14H24N4O2. The zero-order valence-electron chi connectivity index (χ0n) is 12.3. The van der Waals surface area contributed by atoms with Crippen molar-refractivity contribution < 1.29 is 9.47 Å². The SMILES string of the molecule is COc1cc(OC)nc(NCC2(CN)CCCCC2)n1. The van der Waals surface area contributed by atoms with Gasteiger partial charge in [0, 0.05) is 6.54 Å². The smallest absolute Gasteiger partial charge is 0.229 e. The van der Waals surface area contributed by atoms with E-state index in [9.17, 15) is 0 Å². The molecule has 0 amide bonds. The third-order valence-corrected chi connectivity index (χ3v) is 4.07. The Morgan fingerprint density at radius 2 is 1.75 bits per heavy atom. The second kappa shape index (κ2) is 6.74. The Bertz CT molecular complexity index is 411. The molecule has 0 aromatic carbocycles. The standard InChI is InChI=1S/C14H24N4O2/c1-19-11-8-12(20-2)18-13(17-11)16-10-14(9-15)6-4-3-5-7-14/h8H,3-7,9-10,15H2,1-2H3,(H,16,17,18). The third-order valence-electron chi connectivity index (χ3n) is 4.07. The topological polar surface area (TPSA) is 82.3 Å². The van der Waals surface area contributed by atoms with Gasteiger partial charge in [-0.25, -0.2) is 0 Å². The summed E-state index contributed by atoms with van der Waals surface area (Å²) in [5.74, 6) is 1.51. The van der Waals surface area contributed by atoms with E-state index >= 15 is 0 Å². The summed E-state index contributed by atoms with van der Waals surface area (Å²) in [6, 6.07) is 1.66. The van der Waals surface area contributed by atoms with Crippen molar-refractivity contribution >= 4 is 5.95 Å². The molecule has 0 atom stereocenters. The van der Waals surface area contributed by atoms with Gasteiger partial charge in [-0.15, -0.1) is 0 Å². The fourth-order valence-corrected chi connectivity index (χ4v) is 2.71. The highest BCUT2D eigenvalue weighted by Gasteiger charge is 2.30. The van der Waals surface area contributed by atoms with E-state index in [1.54, 1.807) is 20.3 Å². The Balaban J connectivity index is 2.05. The van der Waals surface area contributed by atoms with Crippen LogP contribution in [0.2, 0.25) is 0 Å². The minimum absolute atomic E-state index is 0.165. The van der Waals surface area contributed by atoms with Crippen molar-refractivity contribution in [3.8, 4) is 11.8 Å². The number of rotatable bonds is 6. The van der Waals surface area contributed by atoms with Crippen molar-refractivity contribution in [2.75, 3.05) is 32.6 Å². The number of aromatic nitrogens is 2. The Labute approximate surface area is 120 Å². The molecule has 3 N–H and O–H groups in total. The van der Waals surface area contributed by atoms with Gasteiger partial charge in [0.05, 0.1) is 20.3 Å². The van der Waals surface area contributed by atoms with Gasteiger partial charge in [0.2, 0.25) is 17.7 Å². The first-order valence-electron chi connectivity index (χ1n) is 7.12. The number of nitrogens with zero attached hydrogens (tertiary/aromatic N) is 2. The van der Waals surface area contributed by atoms with Gasteiger partial charge in [-0.3, -0.25) is 0 Å². The normalized spacial score (nSPS) is 17.6. The van der Waals surface area contributed by atoms with Gasteiger partial charge in [-0.2, -0.15) is 9.97 Å². The van der Waals surface area contributed by atoms with E-state index in [1.165, 1.54) is 19.3 Å². The molecule has 1 fully saturated rings. The highest BCUT2D eigenvalue weighted by atomic mass is 16.5. The van der Waals surface area contributed by atoms with Crippen LogP contribution >= 0.6 is 0 Å². The van der Waals surface area contributed by atoms with E-state index in [0.29, 0.717) is 24.3 Å². The van der Waals surface area contributed by atoms with Crippen LogP contribution in [0, 0.1) is 5.41 Å². The van der Waals surface area contributed by atoms with Crippen LogP contribution in [0.1, 0.15) is 32.1 Å². The van der Waals surface area contributed by atoms with Gasteiger partial charge in [0.1, 0.15) is 0 Å². The Kier molecular flexibility index (Phi) is 5.00. The number of hydrogen-bond donors (Lipinski definition) is 2. The molecule has 20 heavy (non-hydrogen) atoms. The molecule has 0 saturated heterocycles. The van der Waals surface area contributed by atoms with Crippen molar-refractivity contribution in [2.24, 2.45) is 11.1 Å². The summed E-state index contributed by atoms with van der Waals surface area (Å²) in [6.07, 6.45) is 6.14. The minimum atomic E-state index is 0.165. The number of anilines is 1. The fraction of sp³-hybridized carbons (Fsp3) is 0.714. The van der Waals surface area contributed by atoms with E-state index in [-0.39, 0.29) is 5.41 Å². The number of nitrogens with two attached hydrogens (primary N) is 1. The third kappa shape index (κ3) is 3.50. The maximum Gasteiger partial charge on any atom is 0.229 e. The molecular weight excluding hydrogens is 256 g/mol. The Morgan fingerprint density at radius 1 is 1.15 bits per heavy atom. The minimum Gasteiger partial charge on any atom is -0.481 e. The zero-order chi connectivity index (χ0) is 14.4. The molecule has 112 valence electrons. The van der Waals surface area contributed by atoms with E-state index < -0.39 is 0 Å². The first-order chi connectivity index (χ1) is 9.71. The van der Waals surface area contributed by atoms with Gasteiger partial charge >= 0.3 is 0 Å². The maximum atomic E-state index is 5.98. The number of ether oxygens (including phenoxy) is 2. The molecule has 0 radical (unpaired) electrons. The predicted octanol–water partition coefficient (Wildman–Crippen LogP) is 1.81. The van der Waals surface area contributed by atoms with Gasteiger partial charge in [0.15, 0.2) is 0 Å². The summed E-state index contributed by atoms with van der Waals surface area (Å²) >= 11 is 0. The molecule has 0 aliphatic heterocycles. The number of methoxy groups -OCH3 is 2. The van der Waals surface area contributed by atoms with Crippen LogP contribution < -0.4 is 20.5 Å². The lowest BCUT2D eigenvalue weighted by Gasteiger charge is -2.36. The molecule has 1 aliphatic rings.